The van der Waals surface area contributed by atoms with E-state index in [0.29, 0.717) is 32.5 Å². The van der Waals surface area contributed by atoms with Crippen LogP contribution in [-0.4, -0.2) is 40.8 Å². The number of hydrogen-bond donors (Lipinski definition) is 2. The number of aromatic nitrogens is 2. The van der Waals surface area contributed by atoms with Crippen LogP contribution in [0, 0.1) is 0 Å². The molecule has 1 aliphatic rings. The number of rotatable bonds is 4. The molecule has 2 N–H and O–H groups in total. The van der Waals surface area contributed by atoms with Gasteiger partial charge in [-0.1, -0.05) is 6.92 Å². The highest BCUT2D eigenvalue weighted by atomic mass is 19.4. The minimum absolute atomic E-state index is 0.00667. The van der Waals surface area contributed by atoms with Crippen LogP contribution >= 0.6 is 0 Å². The summed E-state index contributed by atoms with van der Waals surface area (Å²) in [4.78, 5) is 9.43. The molecule has 0 bridgehead atoms. The first-order valence-corrected chi connectivity index (χ1v) is 7.03. The largest absolute Gasteiger partial charge is 0.433 e. The zero-order valence-electron chi connectivity index (χ0n) is 11.8. The van der Waals surface area contributed by atoms with Crippen molar-refractivity contribution in [3.8, 4) is 0 Å². The van der Waals surface area contributed by atoms with E-state index in [1.54, 1.807) is 4.90 Å². The van der Waals surface area contributed by atoms with Gasteiger partial charge in [0.1, 0.15) is 5.82 Å². The highest BCUT2D eigenvalue weighted by Gasteiger charge is 2.34. The average molecular weight is 304 g/mol. The van der Waals surface area contributed by atoms with Crippen LogP contribution in [0.15, 0.2) is 6.07 Å². The Hall–Kier alpha value is -1.57. The predicted molar refractivity (Wildman–Crippen MR) is 73.3 cm³/mol. The van der Waals surface area contributed by atoms with E-state index in [-0.39, 0.29) is 17.9 Å². The van der Waals surface area contributed by atoms with Gasteiger partial charge in [0.25, 0.3) is 0 Å². The molecule has 0 atom stereocenters. The zero-order chi connectivity index (χ0) is 15.5. The molecular formula is C13H19F3N4O. The van der Waals surface area contributed by atoms with E-state index in [0.717, 1.165) is 12.5 Å². The van der Waals surface area contributed by atoms with Crippen molar-refractivity contribution in [1.29, 1.82) is 0 Å². The van der Waals surface area contributed by atoms with Crippen molar-refractivity contribution in [1.82, 2.24) is 9.97 Å². The summed E-state index contributed by atoms with van der Waals surface area (Å²) in [6.45, 7) is 3.40. The number of nitrogens with one attached hydrogen (secondary N) is 1. The maximum atomic E-state index is 12.9. The number of aliphatic hydroxyl groups excluding tert-OH is 1. The monoisotopic (exact) mass is 304 g/mol. The van der Waals surface area contributed by atoms with Gasteiger partial charge in [-0.2, -0.15) is 18.2 Å². The van der Waals surface area contributed by atoms with Crippen LogP contribution < -0.4 is 10.2 Å². The number of piperidine rings is 1. The average Bonchev–Trinajstić information content (AvgIpc) is 2.44. The Morgan fingerprint density at radius 1 is 1.33 bits per heavy atom. The SMILES string of the molecule is CCCNc1nc(N2CCC(O)CC2)cc(C(F)(F)F)n1. The van der Waals surface area contributed by atoms with Gasteiger partial charge in [0.05, 0.1) is 6.10 Å². The maximum absolute atomic E-state index is 12.9. The minimum atomic E-state index is -4.50. The fraction of sp³-hybridized carbons (Fsp3) is 0.692. The fourth-order valence-corrected chi connectivity index (χ4v) is 2.15. The first kappa shape index (κ1) is 15.8. The summed E-state index contributed by atoms with van der Waals surface area (Å²) < 4.78 is 38.8. The molecule has 2 heterocycles. The summed E-state index contributed by atoms with van der Waals surface area (Å²) in [5.41, 5.74) is -0.947. The van der Waals surface area contributed by atoms with E-state index in [1.807, 2.05) is 6.92 Å². The van der Waals surface area contributed by atoms with E-state index in [4.69, 9.17) is 0 Å². The molecule has 8 heteroatoms. The second-order valence-corrected chi connectivity index (χ2v) is 5.08. The topological polar surface area (TPSA) is 61.3 Å². The molecule has 5 nitrogen and oxygen atoms in total. The lowest BCUT2D eigenvalue weighted by atomic mass is 10.1. The summed E-state index contributed by atoms with van der Waals surface area (Å²) in [5, 5.41) is 12.3. The molecule has 0 spiro atoms. The van der Waals surface area contributed by atoms with Crippen molar-refractivity contribution in [2.45, 2.75) is 38.5 Å². The molecule has 0 saturated carbocycles. The van der Waals surface area contributed by atoms with Gasteiger partial charge in [-0.3, -0.25) is 0 Å². The van der Waals surface area contributed by atoms with Crippen molar-refractivity contribution >= 4 is 11.8 Å². The van der Waals surface area contributed by atoms with E-state index < -0.39 is 11.9 Å². The normalized spacial score (nSPS) is 17.1. The van der Waals surface area contributed by atoms with Gasteiger partial charge in [0.15, 0.2) is 5.69 Å². The summed E-state index contributed by atoms with van der Waals surface area (Å²) in [7, 11) is 0. The lowest BCUT2D eigenvalue weighted by Crippen LogP contribution is -2.36. The highest BCUT2D eigenvalue weighted by Crippen LogP contribution is 2.31. The second kappa shape index (κ2) is 6.46. The standard InChI is InChI=1S/C13H19F3N4O/c1-2-5-17-12-18-10(13(14,15)16)8-11(19-12)20-6-3-9(21)4-7-20/h8-9,21H,2-7H2,1H3,(H,17,18,19). The Morgan fingerprint density at radius 3 is 2.57 bits per heavy atom. The van der Waals surface area contributed by atoms with Crippen molar-refractivity contribution in [2.24, 2.45) is 0 Å². The maximum Gasteiger partial charge on any atom is 0.433 e. The third kappa shape index (κ3) is 4.20. The lowest BCUT2D eigenvalue weighted by molar-refractivity contribution is -0.141. The Balaban J connectivity index is 2.26. The van der Waals surface area contributed by atoms with Gasteiger partial charge in [-0.05, 0) is 19.3 Å². The molecule has 1 fully saturated rings. The van der Waals surface area contributed by atoms with Crippen LogP contribution in [0.2, 0.25) is 0 Å². The van der Waals surface area contributed by atoms with Crippen molar-refractivity contribution in [3.05, 3.63) is 11.8 Å². The number of anilines is 2. The molecule has 1 saturated heterocycles. The molecule has 1 aromatic rings. The van der Waals surface area contributed by atoms with E-state index in [9.17, 15) is 18.3 Å². The number of halogens is 3. The first-order valence-electron chi connectivity index (χ1n) is 7.03. The predicted octanol–water partition coefficient (Wildman–Crippen LogP) is 2.28. The Kier molecular flexibility index (Phi) is 4.87. The molecule has 0 amide bonds. The summed E-state index contributed by atoms with van der Waals surface area (Å²) >= 11 is 0. The molecule has 0 unspecified atom stereocenters. The third-order valence-electron chi connectivity index (χ3n) is 3.32. The highest BCUT2D eigenvalue weighted by molar-refractivity contribution is 5.46. The number of aliphatic hydroxyl groups is 1. The smallest absolute Gasteiger partial charge is 0.393 e. The summed E-state index contributed by atoms with van der Waals surface area (Å²) in [5.74, 6) is 0.246. The van der Waals surface area contributed by atoms with Crippen LogP contribution in [0.4, 0.5) is 24.9 Å². The third-order valence-corrected chi connectivity index (χ3v) is 3.32. The van der Waals surface area contributed by atoms with Gasteiger partial charge in [0, 0.05) is 25.7 Å². The van der Waals surface area contributed by atoms with Gasteiger partial charge in [0.2, 0.25) is 5.95 Å². The van der Waals surface area contributed by atoms with E-state index in [1.165, 1.54) is 0 Å². The molecule has 0 aromatic carbocycles. The molecule has 0 radical (unpaired) electrons. The molecule has 21 heavy (non-hydrogen) atoms. The van der Waals surface area contributed by atoms with Crippen LogP contribution in [0.5, 0.6) is 0 Å². The van der Waals surface area contributed by atoms with Gasteiger partial charge < -0.3 is 15.3 Å². The van der Waals surface area contributed by atoms with Crippen LogP contribution in [0.3, 0.4) is 0 Å². The number of hydrogen-bond acceptors (Lipinski definition) is 5. The summed E-state index contributed by atoms with van der Waals surface area (Å²) in [6.07, 6.45) is -3.06. The minimum Gasteiger partial charge on any atom is -0.393 e. The molecule has 1 aliphatic heterocycles. The van der Waals surface area contributed by atoms with E-state index in [2.05, 4.69) is 15.3 Å². The van der Waals surface area contributed by atoms with Gasteiger partial charge in [-0.15, -0.1) is 0 Å². The van der Waals surface area contributed by atoms with Crippen LogP contribution in [0.25, 0.3) is 0 Å². The van der Waals surface area contributed by atoms with Gasteiger partial charge in [-0.25, -0.2) is 4.98 Å². The fourth-order valence-electron chi connectivity index (χ4n) is 2.15. The Labute approximate surface area is 121 Å². The molecule has 1 aromatic heterocycles. The second-order valence-electron chi connectivity index (χ2n) is 5.08. The van der Waals surface area contributed by atoms with Crippen molar-refractivity contribution in [3.63, 3.8) is 0 Å². The summed E-state index contributed by atoms with van der Waals surface area (Å²) in [6, 6.07) is 0.967. The molecular weight excluding hydrogens is 285 g/mol. The van der Waals surface area contributed by atoms with Gasteiger partial charge >= 0.3 is 6.18 Å². The Bertz CT molecular complexity index is 473. The number of alkyl halides is 3. The molecule has 0 aliphatic carbocycles. The van der Waals surface area contributed by atoms with Crippen molar-refractivity contribution in [2.75, 3.05) is 29.9 Å². The van der Waals surface area contributed by atoms with Crippen LogP contribution in [-0.2, 0) is 6.18 Å². The Morgan fingerprint density at radius 2 is 2.00 bits per heavy atom. The van der Waals surface area contributed by atoms with Crippen LogP contribution in [0.1, 0.15) is 31.9 Å². The molecule has 2 rings (SSSR count). The first-order chi connectivity index (χ1) is 9.90. The molecule has 118 valence electrons. The van der Waals surface area contributed by atoms with E-state index >= 15 is 0 Å². The zero-order valence-corrected chi connectivity index (χ0v) is 11.8. The quantitative estimate of drug-likeness (QED) is 0.893. The number of nitrogens with zero attached hydrogens (tertiary/aromatic N) is 3. The van der Waals surface area contributed by atoms with Crippen molar-refractivity contribution < 1.29 is 18.3 Å². The lowest BCUT2D eigenvalue weighted by Gasteiger charge is -2.31.